The van der Waals surface area contributed by atoms with E-state index < -0.39 is 5.97 Å². The molecule has 0 spiro atoms. The van der Waals surface area contributed by atoms with Gasteiger partial charge in [0, 0.05) is 5.69 Å². The van der Waals surface area contributed by atoms with Crippen LogP contribution in [0.25, 0.3) is 6.08 Å². The third-order valence-corrected chi connectivity index (χ3v) is 2.87. The molecule has 0 amide bonds. The fraction of sp³-hybridized carbons (Fsp3) is 0.286. The molecule has 0 heterocycles. The van der Waals surface area contributed by atoms with E-state index in [1.54, 1.807) is 6.07 Å². The van der Waals surface area contributed by atoms with Crippen molar-refractivity contribution in [2.45, 2.75) is 26.7 Å². The van der Waals surface area contributed by atoms with E-state index in [-0.39, 0.29) is 5.57 Å². The second-order valence-corrected chi connectivity index (χ2v) is 3.89. The topological polar surface area (TPSA) is 87.1 Å². The Balaban J connectivity index is 3.39. The van der Waals surface area contributed by atoms with Gasteiger partial charge in [-0.25, -0.2) is 4.79 Å². The highest BCUT2D eigenvalue weighted by Crippen LogP contribution is 2.25. The first-order valence-electron chi connectivity index (χ1n) is 5.80. The van der Waals surface area contributed by atoms with Gasteiger partial charge < -0.3 is 10.8 Å². The average molecular weight is 244 g/mol. The van der Waals surface area contributed by atoms with Gasteiger partial charge in [0.1, 0.15) is 11.6 Å². The highest BCUT2D eigenvalue weighted by Gasteiger charge is 2.11. The van der Waals surface area contributed by atoms with Gasteiger partial charge in [-0.05, 0) is 35.6 Å². The van der Waals surface area contributed by atoms with Crippen molar-refractivity contribution in [1.29, 1.82) is 5.26 Å². The molecule has 0 bridgehead atoms. The molecular formula is C14H16N2O2. The summed E-state index contributed by atoms with van der Waals surface area (Å²) in [7, 11) is 0. The molecule has 1 rings (SSSR count). The molecule has 1 aromatic carbocycles. The van der Waals surface area contributed by atoms with Gasteiger partial charge in [-0.1, -0.05) is 26.0 Å². The van der Waals surface area contributed by atoms with Gasteiger partial charge in [-0.3, -0.25) is 0 Å². The van der Waals surface area contributed by atoms with E-state index >= 15 is 0 Å². The number of aryl methyl sites for hydroxylation is 1. The lowest BCUT2D eigenvalue weighted by Gasteiger charge is -2.12. The van der Waals surface area contributed by atoms with E-state index in [9.17, 15) is 4.79 Å². The number of nitriles is 1. The third-order valence-electron chi connectivity index (χ3n) is 2.87. The number of aliphatic carboxylic acids is 1. The first-order valence-corrected chi connectivity index (χ1v) is 5.80. The van der Waals surface area contributed by atoms with E-state index in [1.807, 2.05) is 26.0 Å². The van der Waals surface area contributed by atoms with Crippen molar-refractivity contribution < 1.29 is 9.90 Å². The highest BCUT2D eigenvalue weighted by atomic mass is 16.4. The summed E-state index contributed by atoms with van der Waals surface area (Å²) >= 11 is 0. The maximum Gasteiger partial charge on any atom is 0.346 e. The number of nitrogens with two attached hydrogens (primary N) is 1. The SMILES string of the molecule is CCc1ccc(C=C(C#N)C(=O)O)c(CC)c1N. The van der Waals surface area contributed by atoms with Gasteiger partial charge in [0.05, 0.1) is 0 Å². The maximum atomic E-state index is 10.8. The van der Waals surface area contributed by atoms with Crippen molar-refractivity contribution in [1.82, 2.24) is 0 Å². The number of carbonyl (C=O) groups is 1. The number of carboxylic acids is 1. The zero-order valence-corrected chi connectivity index (χ0v) is 10.5. The first kappa shape index (κ1) is 13.8. The van der Waals surface area contributed by atoms with Gasteiger partial charge in [0.15, 0.2) is 0 Å². The fourth-order valence-electron chi connectivity index (χ4n) is 1.87. The second-order valence-electron chi connectivity index (χ2n) is 3.89. The van der Waals surface area contributed by atoms with Crippen LogP contribution in [0.5, 0.6) is 0 Å². The molecule has 3 N–H and O–H groups in total. The Morgan fingerprint density at radius 2 is 2.11 bits per heavy atom. The van der Waals surface area contributed by atoms with Gasteiger partial charge in [-0.15, -0.1) is 0 Å². The summed E-state index contributed by atoms with van der Waals surface area (Å²) < 4.78 is 0. The number of rotatable bonds is 4. The van der Waals surface area contributed by atoms with Crippen molar-refractivity contribution in [2.24, 2.45) is 0 Å². The van der Waals surface area contributed by atoms with E-state index in [0.717, 1.165) is 17.5 Å². The molecule has 0 saturated carbocycles. The zero-order chi connectivity index (χ0) is 13.7. The largest absolute Gasteiger partial charge is 0.477 e. The quantitative estimate of drug-likeness (QED) is 0.483. The molecule has 0 aliphatic heterocycles. The molecule has 0 saturated heterocycles. The Kier molecular flexibility index (Phi) is 4.50. The summed E-state index contributed by atoms with van der Waals surface area (Å²) in [5, 5.41) is 17.6. The molecular weight excluding hydrogens is 228 g/mol. The lowest BCUT2D eigenvalue weighted by molar-refractivity contribution is -0.132. The van der Waals surface area contributed by atoms with Crippen LogP contribution < -0.4 is 5.73 Å². The van der Waals surface area contributed by atoms with Crippen LogP contribution in [-0.4, -0.2) is 11.1 Å². The summed E-state index contributed by atoms with van der Waals surface area (Å²) in [6.07, 6.45) is 2.90. The van der Waals surface area contributed by atoms with Crippen molar-refractivity contribution in [3.63, 3.8) is 0 Å². The maximum absolute atomic E-state index is 10.8. The lowest BCUT2D eigenvalue weighted by Crippen LogP contribution is -2.03. The molecule has 1 aromatic rings. The minimum atomic E-state index is -1.22. The van der Waals surface area contributed by atoms with Gasteiger partial charge >= 0.3 is 5.97 Å². The minimum Gasteiger partial charge on any atom is -0.477 e. The Bertz CT molecular complexity index is 539. The van der Waals surface area contributed by atoms with Gasteiger partial charge in [0.2, 0.25) is 0 Å². The van der Waals surface area contributed by atoms with Crippen LogP contribution in [0.15, 0.2) is 17.7 Å². The Morgan fingerprint density at radius 1 is 1.44 bits per heavy atom. The first-order chi connectivity index (χ1) is 8.54. The van der Waals surface area contributed by atoms with Crippen LogP contribution in [-0.2, 0) is 17.6 Å². The number of nitrogen functional groups attached to an aromatic ring is 1. The van der Waals surface area contributed by atoms with E-state index in [4.69, 9.17) is 16.1 Å². The van der Waals surface area contributed by atoms with Gasteiger partial charge in [-0.2, -0.15) is 5.26 Å². The molecule has 4 heteroatoms. The molecule has 18 heavy (non-hydrogen) atoms. The van der Waals surface area contributed by atoms with E-state index in [1.165, 1.54) is 6.08 Å². The highest BCUT2D eigenvalue weighted by molar-refractivity contribution is 5.97. The Labute approximate surface area is 106 Å². The number of carboxylic acid groups (broad SMARTS) is 1. The molecule has 0 atom stereocenters. The minimum absolute atomic E-state index is 0.284. The van der Waals surface area contributed by atoms with E-state index in [0.29, 0.717) is 17.7 Å². The summed E-state index contributed by atoms with van der Waals surface area (Å²) in [5.41, 5.74) is 9.08. The van der Waals surface area contributed by atoms with E-state index in [2.05, 4.69) is 0 Å². The number of anilines is 1. The predicted molar refractivity (Wildman–Crippen MR) is 70.8 cm³/mol. The molecule has 0 aliphatic rings. The monoisotopic (exact) mass is 244 g/mol. The predicted octanol–water partition coefficient (Wildman–Crippen LogP) is 2.39. The number of hydrogen-bond acceptors (Lipinski definition) is 3. The van der Waals surface area contributed by atoms with Crippen LogP contribution in [0.1, 0.15) is 30.5 Å². The van der Waals surface area contributed by atoms with Crippen molar-refractivity contribution >= 4 is 17.7 Å². The molecule has 4 nitrogen and oxygen atoms in total. The van der Waals surface area contributed by atoms with Gasteiger partial charge in [0.25, 0.3) is 0 Å². The molecule has 94 valence electrons. The molecule has 0 aliphatic carbocycles. The third kappa shape index (κ3) is 2.69. The standard InChI is InChI=1S/C14H16N2O2/c1-3-9-5-6-10(12(4-2)13(9)16)7-11(8-15)14(17)18/h5-7H,3-4,16H2,1-2H3,(H,17,18). The second kappa shape index (κ2) is 5.87. The summed E-state index contributed by atoms with van der Waals surface area (Å²) in [6, 6.07) is 5.36. The number of nitrogens with zero attached hydrogens (tertiary/aromatic N) is 1. The van der Waals surface area contributed by atoms with Crippen molar-refractivity contribution in [3.05, 3.63) is 34.4 Å². The number of hydrogen-bond donors (Lipinski definition) is 2. The summed E-state index contributed by atoms with van der Waals surface area (Å²) in [4.78, 5) is 10.8. The summed E-state index contributed by atoms with van der Waals surface area (Å²) in [5.74, 6) is -1.22. The fourth-order valence-corrected chi connectivity index (χ4v) is 1.87. The van der Waals surface area contributed by atoms with Crippen LogP contribution in [0.4, 0.5) is 5.69 Å². The number of benzene rings is 1. The van der Waals surface area contributed by atoms with Crippen LogP contribution >= 0.6 is 0 Å². The zero-order valence-electron chi connectivity index (χ0n) is 10.5. The van der Waals surface area contributed by atoms with Crippen molar-refractivity contribution in [2.75, 3.05) is 5.73 Å². The molecule has 0 radical (unpaired) electrons. The normalized spacial score (nSPS) is 11.1. The molecule has 0 unspecified atom stereocenters. The smallest absolute Gasteiger partial charge is 0.346 e. The molecule has 0 aromatic heterocycles. The van der Waals surface area contributed by atoms with Crippen LogP contribution in [0, 0.1) is 11.3 Å². The Hall–Kier alpha value is -2.28. The van der Waals surface area contributed by atoms with Crippen LogP contribution in [0.2, 0.25) is 0 Å². The van der Waals surface area contributed by atoms with Crippen molar-refractivity contribution in [3.8, 4) is 6.07 Å². The Morgan fingerprint density at radius 3 is 2.56 bits per heavy atom. The van der Waals surface area contributed by atoms with Crippen LogP contribution in [0.3, 0.4) is 0 Å². The summed E-state index contributed by atoms with van der Waals surface area (Å²) in [6.45, 7) is 3.97. The average Bonchev–Trinajstić information content (AvgIpc) is 2.35. The lowest BCUT2D eigenvalue weighted by atomic mass is 9.96. The molecule has 0 fully saturated rings.